The Kier molecular flexibility index (Phi) is 4.01. The number of hydrogen-bond acceptors (Lipinski definition) is 3. The van der Waals surface area contributed by atoms with E-state index >= 15 is 0 Å². The predicted molar refractivity (Wildman–Crippen MR) is 67.5 cm³/mol. The molecule has 4 nitrogen and oxygen atoms in total. The van der Waals surface area contributed by atoms with Crippen molar-refractivity contribution in [3.63, 3.8) is 0 Å². The van der Waals surface area contributed by atoms with E-state index in [1.54, 1.807) is 13.8 Å². The number of aromatic hydroxyl groups is 1. The average Bonchev–Trinajstić information content (AvgIpc) is 2.22. The summed E-state index contributed by atoms with van der Waals surface area (Å²) in [6.45, 7) is 4.75. The van der Waals surface area contributed by atoms with E-state index in [0.717, 1.165) is 0 Å². The zero-order valence-electron chi connectivity index (χ0n) is 10.0. The summed E-state index contributed by atoms with van der Waals surface area (Å²) in [6, 6.07) is 2.94. The number of carbonyl (C=O) groups excluding carboxylic acids is 1. The molecule has 3 N–H and O–H groups in total. The number of halogens is 1. The summed E-state index contributed by atoms with van der Waals surface area (Å²) in [4.78, 5) is 11.1. The van der Waals surface area contributed by atoms with Gasteiger partial charge in [0.15, 0.2) is 0 Å². The molecule has 0 aliphatic heterocycles. The number of amides is 1. The standard InChI is InChI=1S/C12H16ClNO3/c1-7(16)14-11-9(17)5-4-8(13)10(11)12(2,3)6-15/h4-5,15,17H,6H2,1-3H3,(H,14,16). The van der Waals surface area contributed by atoms with Crippen LogP contribution in [0.15, 0.2) is 12.1 Å². The van der Waals surface area contributed by atoms with Crippen molar-refractivity contribution in [2.24, 2.45) is 0 Å². The van der Waals surface area contributed by atoms with E-state index < -0.39 is 5.41 Å². The van der Waals surface area contributed by atoms with E-state index in [-0.39, 0.29) is 24.0 Å². The fraction of sp³-hybridized carbons (Fsp3) is 0.417. The average molecular weight is 258 g/mol. The van der Waals surface area contributed by atoms with Crippen molar-refractivity contribution in [3.8, 4) is 5.75 Å². The molecule has 0 unspecified atom stereocenters. The molecule has 0 spiro atoms. The molecule has 1 amide bonds. The Labute approximate surface area is 105 Å². The number of anilines is 1. The molecule has 0 aliphatic carbocycles. The van der Waals surface area contributed by atoms with E-state index in [1.807, 2.05) is 0 Å². The quantitative estimate of drug-likeness (QED) is 0.728. The third-order valence-electron chi connectivity index (χ3n) is 2.51. The van der Waals surface area contributed by atoms with Crippen molar-refractivity contribution in [2.75, 3.05) is 11.9 Å². The molecule has 1 rings (SSSR count). The van der Waals surface area contributed by atoms with Crippen LogP contribution in [0.3, 0.4) is 0 Å². The summed E-state index contributed by atoms with van der Waals surface area (Å²) in [5.41, 5.74) is 0.120. The molecule has 5 heteroatoms. The number of phenolic OH excluding ortho intramolecular Hbond substituents is 1. The zero-order chi connectivity index (χ0) is 13.2. The summed E-state index contributed by atoms with van der Waals surface area (Å²) < 4.78 is 0. The lowest BCUT2D eigenvalue weighted by atomic mass is 9.84. The number of benzene rings is 1. The summed E-state index contributed by atoms with van der Waals surface area (Å²) in [5.74, 6) is -0.376. The smallest absolute Gasteiger partial charge is 0.221 e. The lowest BCUT2D eigenvalue weighted by molar-refractivity contribution is -0.114. The molecule has 0 bridgehead atoms. The van der Waals surface area contributed by atoms with Crippen molar-refractivity contribution in [1.82, 2.24) is 0 Å². The van der Waals surface area contributed by atoms with Crippen LogP contribution in [0.2, 0.25) is 5.02 Å². The van der Waals surface area contributed by atoms with Crippen LogP contribution >= 0.6 is 11.6 Å². The number of phenols is 1. The molecule has 1 aromatic carbocycles. The lowest BCUT2D eigenvalue weighted by Gasteiger charge is -2.27. The summed E-state index contributed by atoms with van der Waals surface area (Å²) in [5, 5.41) is 22.1. The van der Waals surface area contributed by atoms with Crippen molar-refractivity contribution >= 4 is 23.2 Å². The van der Waals surface area contributed by atoms with Gasteiger partial charge in [-0.25, -0.2) is 0 Å². The SMILES string of the molecule is CC(=O)Nc1c(O)ccc(Cl)c1C(C)(C)CO. The van der Waals surface area contributed by atoms with Gasteiger partial charge in [-0.2, -0.15) is 0 Å². The third kappa shape index (κ3) is 2.90. The van der Waals surface area contributed by atoms with Crippen LogP contribution < -0.4 is 5.32 Å². The van der Waals surface area contributed by atoms with E-state index in [2.05, 4.69) is 5.32 Å². The predicted octanol–water partition coefficient (Wildman–Crippen LogP) is 2.27. The van der Waals surface area contributed by atoms with Crippen LogP contribution in [0.5, 0.6) is 5.75 Å². The van der Waals surface area contributed by atoms with Crippen LogP contribution in [0.25, 0.3) is 0 Å². The molecule has 0 heterocycles. The van der Waals surface area contributed by atoms with Gasteiger partial charge in [0.1, 0.15) is 5.75 Å². The molecule has 0 aliphatic rings. The molecule has 0 atom stereocenters. The largest absolute Gasteiger partial charge is 0.506 e. The van der Waals surface area contributed by atoms with Gasteiger partial charge in [0.25, 0.3) is 0 Å². The number of aliphatic hydroxyl groups excluding tert-OH is 1. The molecule has 0 saturated heterocycles. The summed E-state index contributed by atoms with van der Waals surface area (Å²) in [7, 11) is 0. The number of aliphatic hydroxyl groups is 1. The molecular weight excluding hydrogens is 242 g/mol. The van der Waals surface area contributed by atoms with Gasteiger partial charge in [0.05, 0.1) is 12.3 Å². The monoisotopic (exact) mass is 257 g/mol. The van der Waals surface area contributed by atoms with Gasteiger partial charge in [-0.15, -0.1) is 0 Å². The molecule has 1 aromatic rings. The van der Waals surface area contributed by atoms with Crippen molar-refractivity contribution in [2.45, 2.75) is 26.2 Å². The Morgan fingerprint density at radius 2 is 2.06 bits per heavy atom. The minimum Gasteiger partial charge on any atom is -0.506 e. The van der Waals surface area contributed by atoms with E-state index in [4.69, 9.17) is 11.6 Å². The first-order valence-corrected chi connectivity index (χ1v) is 5.58. The Morgan fingerprint density at radius 1 is 1.47 bits per heavy atom. The number of carbonyl (C=O) groups is 1. The van der Waals surface area contributed by atoms with Crippen LogP contribution in [0.4, 0.5) is 5.69 Å². The fourth-order valence-electron chi connectivity index (χ4n) is 1.61. The van der Waals surface area contributed by atoms with Crippen LogP contribution in [0.1, 0.15) is 26.3 Å². The molecule has 17 heavy (non-hydrogen) atoms. The number of nitrogens with one attached hydrogen (secondary N) is 1. The second kappa shape index (κ2) is 4.94. The maximum atomic E-state index is 11.1. The van der Waals surface area contributed by atoms with Crippen LogP contribution in [0, 0.1) is 0 Å². The second-order valence-corrected chi connectivity index (χ2v) is 4.95. The van der Waals surface area contributed by atoms with Crippen LogP contribution in [-0.2, 0) is 10.2 Å². The Bertz CT molecular complexity index is 444. The molecule has 0 fully saturated rings. The lowest BCUT2D eigenvalue weighted by Crippen LogP contribution is -2.25. The maximum Gasteiger partial charge on any atom is 0.221 e. The van der Waals surface area contributed by atoms with Crippen molar-refractivity contribution < 1.29 is 15.0 Å². The minimum absolute atomic E-state index is 0.0684. The third-order valence-corrected chi connectivity index (χ3v) is 2.82. The van der Waals surface area contributed by atoms with E-state index in [9.17, 15) is 15.0 Å². The second-order valence-electron chi connectivity index (χ2n) is 4.54. The highest BCUT2D eigenvalue weighted by molar-refractivity contribution is 6.32. The van der Waals surface area contributed by atoms with Gasteiger partial charge in [-0.3, -0.25) is 4.79 Å². The van der Waals surface area contributed by atoms with Gasteiger partial charge < -0.3 is 15.5 Å². The highest BCUT2D eigenvalue weighted by Gasteiger charge is 2.28. The Balaban J connectivity index is 3.44. The van der Waals surface area contributed by atoms with Gasteiger partial charge in [0.2, 0.25) is 5.91 Å². The highest BCUT2D eigenvalue weighted by Crippen LogP contribution is 2.40. The van der Waals surface area contributed by atoms with Crippen molar-refractivity contribution in [1.29, 1.82) is 0 Å². The first-order chi connectivity index (χ1) is 7.79. The fourth-order valence-corrected chi connectivity index (χ4v) is 2.02. The Hall–Kier alpha value is -1.26. The highest BCUT2D eigenvalue weighted by atomic mass is 35.5. The van der Waals surface area contributed by atoms with Gasteiger partial charge in [0, 0.05) is 22.9 Å². The molecule has 0 radical (unpaired) electrons. The van der Waals surface area contributed by atoms with E-state index in [0.29, 0.717) is 10.6 Å². The molecular formula is C12H16ClNO3. The summed E-state index contributed by atoms with van der Waals surface area (Å²) >= 11 is 6.07. The minimum atomic E-state index is -0.659. The zero-order valence-corrected chi connectivity index (χ0v) is 10.8. The van der Waals surface area contributed by atoms with Gasteiger partial charge >= 0.3 is 0 Å². The topological polar surface area (TPSA) is 69.6 Å². The molecule has 94 valence electrons. The number of rotatable bonds is 3. The first kappa shape index (κ1) is 13.8. The maximum absolute atomic E-state index is 11.1. The van der Waals surface area contributed by atoms with E-state index in [1.165, 1.54) is 19.1 Å². The number of hydrogen-bond donors (Lipinski definition) is 3. The first-order valence-electron chi connectivity index (χ1n) is 5.20. The van der Waals surface area contributed by atoms with Crippen molar-refractivity contribution in [3.05, 3.63) is 22.7 Å². The Morgan fingerprint density at radius 3 is 2.53 bits per heavy atom. The molecule has 0 aromatic heterocycles. The normalized spacial score (nSPS) is 11.4. The van der Waals surface area contributed by atoms with Gasteiger partial charge in [-0.1, -0.05) is 25.4 Å². The van der Waals surface area contributed by atoms with Crippen LogP contribution in [-0.4, -0.2) is 22.7 Å². The molecule has 0 saturated carbocycles. The summed E-state index contributed by atoms with van der Waals surface area (Å²) in [6.07, 6.45) is 0. The van der Waals surface area contributed by atoms with Gasteiger partial charge in [-0.05, 0) is 12.1 Å².